The van der Waals surface area contributed by atoms with Gasteiger partial charge in [0.1, 0.15) is 11.3 Å². The molecule has 2 aromatic rings. The molecule has 0 spiro atoms. The number of morpholine rings is 1. The highest BCUT2D eigenvalue weighted by atomic mass is 16.5. The molecule has 0 atom stereocenters. The SMILES string of the molecule is C.C.CCOC(=O)NC1CCC(Oc2cc(N3CCOCC3)cc3ncc(=O)n(C)c23)CC1. The van der Waals surface area contributed by atoms with Gasteiger partial charge in [0.15, 0.2) is 0 Å². The molecule has 9 nitrogen and oxygen atoms in total. The number of carbonyl (C=O) groups is 1. The Balaban J connectivity index is 0.00000193. The van der Waals surface area contributed by atoms with Gasteiger partial charge in [-0.15, -0.1) is 0 Å². The number of fused-ring (bicyclic) bond motifs is 1. The number of ether oxygens (including phenoxy) is 3. The van der Waals surface area contributed by atoms with Gasteiger partial charge in [0, 0.05) is 37.9 Å². The average Bonchev–Trinajstić information content (AvgIpc) is 2.78. The van der Waals surface area contributed by atoms with E-state index in [1.54, 1.807) is 18.5 Å². The molecule has 1 aliphatic carbocycles. The van der Waals surface area contributed by atoms with Gasteiger partial charge in [0.25, 0.3) is 5.56 Å². The minimum atomic E-state index is -0.364. The highest BCUT2D eigenvalue weighted by Crippen LogP contribution is 2.33. The third-order valence-electron chi connectivity index (χ3n) is 5.96. The Morgan fingerprint density at radius 1 is 1.18 bits per heavy atom. The van der Waals surface area contributed by atoms with Gasteiger partial charge in [-0.05, 0) is 38.7 Å². The number of nitrogens with one attached hydrogen (secondary N) is 1. The van der Waals surface area contributed by atoms with Gasteiger partial charge in [0.05, 0.1) is 37.6 Å². The molecule has 2 fully saturated rings. The number of anilines is 1. The van der Waals surface area contributed by atoms with Crippen molar-refractivity contribution in [3.8, 4) is 5.75 Å². The Morgan fingerprint density at radius 3 is 2.55 bits per heavy atom. The topological polar surface area (TPSA) is 94.9 Å². The minimum Gasteiger partial charge on any atom is -0.488 e. The smallest absolute Gasteiger partial charge is 0.407 e. The van der Waals surface area contributed by atoms with Crippen LogP contribution in [0, 0.1) is 0 Å². The second kappa shape index (κ2) is 11.9. The van der Waals surface area contributed by atoms with Gasteiger partial charge < -0.3 is 29.0 Å². The summed E-state index contributed by atoms with van der Waals surface area (Å²) in [5.41, 5.74) is 2.29. The van der Waals surface area contributed by atoms with Crippen LogP contribution in [-0.4, -0.2) is 60.7 Å². The summed E-state index contributed by atoms with van der Waals surface area (Å²) < 4.78 is 18.5. The van der Waals surface area contributed by atoms with Crippen LogP contribution in [0.3, 0.4) is 0 Å². The van der Waals surface area contributed by atoms with Crippen molar-refractivity contribution < 1.29 is 19.0 Å². The summed E-state index contributed by atoms with van der Waals surface area (Å²) in [4.78, 5) is 30.5. The van der Waals surface area contributed by atoms with E-state index in [0.717, 1.165) is 50.0 Å². The van der Waals surface area contributed by atoms with Crippen LogP contribution in [0.15, 0.2) is 23.1 Å². The van der Waals surface area contributed by atoms with E-state index in [2.05, 4.69) is 15.2 Å². The zero-order valence-corrected chi connectivity index (χ0v) is 18.1. The standard InChI is InChI=1S/C22H30N4O5.2CH4/c1-3-30-22(28)24-15-4-6-17(7-5-15)31-19-13-16(26-8-10-29-11-9-26)12-18-21(19)25(2)20(27)14-23-18;;/h12-15,17H,3-11H2,1-2H3,(H,24,28);2*1H4. The van der Waals surface area contributed by atoms with Crippen LogP contribution in [0.5, 0.6) is 5.75 Å². The third-order valence-corrected chi connectivity index (χ3v) is 5.96. The van der Waals surface area contributed by atoms with Crippen LogP contribution in [0.25, 0.3) is 11.0 Å². The number of nitrogens with zero attached hydrogens (tertiary/aromatic N) is 3. The second-order valence-electron chi connectivity index (χ2n) is 8.02. The van der Waals surface area contributed by atoms with Crippen molar-refractivity contribution in [2.75, 3.05) is 37.8 Å². The van der Waals surface area contributed by atoms with E-state index in [1.165, 1.54) is 6.20 Å². The fraction of sp³-hybridized carbons (Fsp3) is 0.625. The van der Waals surface area contributed by atoms with Crippen LogP contribution in [0.1, 0.15) is 47.5 Å². The largest absolute Gasteiger partial charge is 0.488 e. The fourth-order valence-electron chi connectivity index (χ4n) is 4.27. The lowest BCUT2D eigenvalue weighted by molar-refractivity contribution is 0.121. The van der Waals surface area contributed by atoms with Gasteiger partial charge >= 0.3 is 6.09 Å². The monoisotopic (exact) mass is 462 g/mol. The maximum Gasteiger partial charge on any atom is 0.407 e. The summed E-state index contributed by atoms with van der Waals surface area (Å²) in [5, 5.41) is 2.91. The quantitative estimate of drug-likeness (QED) is 0.727. The molecule has 1 amide bonds. The fourth-order valence-corrected chi connectivity index (χ4v) is 4.27. The first-order valence-electron chi connectivity index (χ1n) is 11.0. The summed E-state index contributed by atoms with van der Waals surface area (Å²) in [6, 6.07) is 4.12. The molecule has 9 heteroatoms. The number of alkyl carbamates (subject to hydrolysis) is 1. The van der Waals surface area contributed by atoms with E-state index in [9.17, 15) is 9.59 Å². The Hall–Kier alpha value is -2.81. The first-order chi connectivity index (χ1) is 15.0. The van der Waals surface area contributed by atoms with Gasteiger partial charge in [-0.3, -0.25) is 4.79 Å². The number of aryl methyl sites for hydroxylation is 1. The lowest BCUT2D eigenvalue weighted by Gasteiger charge is -2.31. The van der Waals surface area contributed by atoms with E-state index < -0.39 is 0 Å². The Kier molecular flexibility index (Phi) is 9.52. The van der Waals surface area contributed by atoms with Crippen molar-refractivity contribution in [2.45, 2.75) is 59.6 Å². The number of rotatable bonds is 5. The van der Waals surface area contributed by atoms with Crippen LogP contribution in [0.2, 0.25) is 0 Å². The molecule has 2 aliphatic rings. The van der Waals surface area contributed by atoms with Crippen LogP contribution in [-0.2, 0) is 16.5 Å². The molecule has 0 radical (unpaired) electrons. The maximum atomic E-state index is 12.2. The third kappa shape index (κ3) is 6.16. The first kappa shape index (κ1) is 26.4. The molecular formula is C24H38N4O5. The van der Waals surface area contributed by atoms with E-state index in [-0.39, 0.29) is 38.7 Å². The van der Waals surface area contributed by atoms with E-state index in [1.807, 2.05) is 12.1 Å². The van der Waals surface area contributed by atoms with Gasteiger partial charge in [-0.2, -0.15) is 0 Å². The lowest BCUT2D eigenvalue weighted by atomic mass is 9.93. The van der Waals surface area contributed by atoms with Crippen molar-refractivity contribution in [3.63, 3.8) is 0 Å². The zero-order valence-electron chi connectivity index (χ0n) is 18.1. The van der Waals surface area contributed by atoms with Crippen LogP contribution in [0.4, 0.5) is 10.5 Å². The molecular weight excluding hydrogens is 424 g/mol. The maximum absolute atomic E-state index is 12.2. The number of carbonyl (C=O) groups excluding carboxylic acids is 1. The van der Waals surface area contributed by atoms with Crippen molar-refractivity contribution >= 4 is 22.8 Å². The molecule has 1 aromatic carbocycles. The second-order valence-corrected chi connectivity index (χ2v) is 8.02. The summed E-state index contributed by atoms with van der Waals surface area (Å²) in [5.74, 6) is 0.675. The molecule has 1 saturated carbocycles. The predicted molar refractivity (Wildman–Crippen MR) is 130 cm³/mol. The summed E-state index contributed by atoms with van der Waals surface area (Å²) in [7, 11) is 1.74. The minimum absolute atomic E-state index is 0. The van der Waals surface area contributed by atoms with Gasteiger partial charge in [-0.25, -0.2) is 9.78 Å². The Labute approximate surface area is 196 Å². The molecule has 33 heavy (non-hydrogen) atoms. The summed E-state index contributed by atoms with van der Waals surface area (Å²) >= 11 is 0. The molecule has 0 bridgehead atoms. The lowest BCUT2D eigenvalue weighted by Crippen LogP contribution is -2.40. The van der Waals surface area contributed by atoms with Gasteiger partial charge in [0.2, 0.25) is 0 Å². The first-order valence-corrected chi connectivity index (χ1v) is 11.0. The number of benzene rings is 1. The normalized spacial score (nSPS) is 20.4. The summed E-state index contributed by atoms with van der Waals surface area (Å²) in [6.45, 7) is 5.15. The molecule has 0 unspecified atom stereocenters. The number of hydrogen-bond acceptors (Lipinski definition) is 7. The number of hydrogen-bond donors (Lipinski definition) is 1. The molecule has 1 saturated heterocycles. The van der Waals surface area contributed by atoms with E-state index in [0.29, 0.717) is 31.1 Å². The summed E-state index contributed by atoms with van der Waals surface area (Å²) in [6.07, 6.45) is 4.27. The highest BCUT2D eigenvalue weighted by molar-refractivity contribution is 5.85. The van der Waals surface area contributed by atoms with Crippen molar-refractivity contribution in [1.82, 2.24) is 14.9 Å². The van der Waals surface area contributed by atoms with E-state index >= 15 is 0 Å². The molecule has 1 aromatic heterocycles. The Bertz CT molecular complexity index is 979. The zero-order chi connectivity index (χ0) is 21.8. The number of aromatic nitrogens is 2. The van der Waals surface area contributed by atoms with Crippen molar-refractivity contribution in [2.24, 2.45) is 7.05 Å². The van der Waals surface area contributed by atoms with Gasteiger partial charge in [-0.1, -0.05) is 14.9 Å². The molecule has 2 heterocycles. The van der Waals surface area contributed by atoms with Crippen molar-refractivity contribution in [1.29, 1.82) is 0 Å². The van der Waals surface area contributed by atoms with Crippen molar-refractivity contribution in [3.05, 3.63) is 28.7 Å². The average molecular weight is 463 g/mol. The predicted octanol–water partition coefficient (Wildman–Crippen LogP) is 3.48. The molecule has 1 aliphatic heterocycles. The van der Waals surface area contributed by atoms with E-state index in [4.69, 9.17) is 14.2 Å². The van der Waals surface area contributed by atoms with Crippen LogP contribution >= 0.6 is 0 Å². The van der Waals surface area contributed by atoms with Crippen LogP contribution < -0.4 is 20.5 Å². The number of amides is 1. The molecule has 1 N–H and O–H groups in total. The Morgan fingerprint density at radius 2 is 1.88 bits per heavy atom. The highest BCUT2D eigenvalue weighted by Gasteiger charge is 2.25. The molecule has 4 rings (SSSR count). The molecule has 184 valence electrons.